The van der Waals surface area contributed by atoms with E-state index in [-0.39, 0.29) is 5.41 Å². The quantitative estimate of drug-likeness (QED) is 0.175. The average Bonchev–Trinajstić information content (AvgIpc) is 3.09. The standard InChI is InChI=1S/2C12H18.2C11H16/c1-5-10-6-8-11(9-7-10)12(2,3)4;1-4-10(3)12-8-6-11(5-2)7-9-12;1-4-10-5-7-11(8-6-10)9(2)3;1-3-5-11-8-6-10(4-2)7-9-11/h6-9H,5H2,1-4H3;6-10H,4-5H2,1-3H3;5-9H,4H2,1-3H3;6-9H,3-5H2,1-2H3. The van der Waals surface area contributed by atoms with Gasteiger partial charge in [-0.15, -0.1) is 0 Å². The maximum Gasteiger partial charge on any atom is -0.0132 e. The fourth-order valence-electron chi connectivity index (χ4n) is 4.93. The second-order valence-corrected chi connectivity index (χ2v) is 13.9. The first kappa shape index (κ1) is 40.9. The van der Waals surface area contributed by atoms with Gasteiger partial charge in [0, 0.05) is 0 Å². The Labute approximate surface area is 286 Å². The molecule has 0 heteroatoms. The van der Waals surface area contributed by atoms with Gasteiger partial charge < -0.3 is 0 Å². The molecule has 0 N–H and O–H groups in total. The van der Waals surface area contributed by atoms with Crippen molar-refractivity contribution in [3.63, 3.8) is 0 Å². The van der Waals surface area contributed by atoms with Gasteiger partial charge in [0.25, 0.3) is 0 Å². The van der Waals surface area contributed by atoms with Crippen LogP contribution in [0.1, 0.15) is 152 Å². The molecule has 0 aromatic heterocycles. The lowest BCUT2D eigenvalue weighted by Crippen LogP contribution is -2.10. The SMILES string of the molecule is CCCc1ccc(CC)cc1.CCc1ccc(C(C)(C)C)cc1.CCc1ccc(C(C)C)cc1.CCc1ccc(C(C)CC)cc1. The molecule has 4 aromatic rings. The number of hydrogen-bond donors (Lipinski definition) is 0. The van der Waals surface area contributed by atoms with Gasteiger partial charge in [-0.1, -0.05) is 187 Å². The van der Waals surface area contributed by atoms with Crippen molar-refractivity contribution in [2.75, 3.05) is 0 Å². The summed E-state index contributed by atoms with van der Waals surface area (Å²) >= 11 is 0. The molecular formula is C46H68. The normalized spacial score (nSPS) is 11.3. The lowest BCUT2D eigenvalue weighted by Gasteiger charge is -2.18. The lowest BCUT2D eigenvalue weighted by atomic mass is 9.86. The van der Waals surface area contributed by atoms with Crippen molar-refractivity contribution in [3.8, 4) is 0 Å². The summed E-state index contributed by atoms with van der Waals surface area (Å²) in [6, 6.07) is 35.7. The zero-order valence-electron chi connectivity index (χ0n) is 31.8. The summed E-state index contributed by atoms with van der Waals surface area (Å²) in [5.41, 5.74) is 11.8. The number of rotatable bonds is 9. The summed E-state index contributed by atoms with van der Waals surface area (Å²) < 4.78 is 0. The highest BCUT2D eigenvalue weighted by Crippen LogP contribution is 2.22. The van der Waals surface area contributed by atoms with Gasteiger partial charge in [-0.3, -0.25) is 0 Å². The molecule has 0 aliphatic rings. The highest BCUT2D eigenvalue weighted by molar-refractivity contribution is 5.28. The van der Waals surface area contributed by atoms with E-state index in [1.807, 2.05) is 0 Å². The first-order valence-electron chi connectivity index (χ1n) is 18.3. The van der Waals surface area contributed by atoms with Crippen LogP contribution in [0, 0.1) is 0 Å². The predicted molar refractivity (Wildman–Crippen MR) is 209 cm³/mol. The van der Waals surface area contributed by atoms with E-state index >= 15 is 0 Å². The van der Waals surface area contributed by atoms with E-state index in [0.29, 0.717) is 11.8 Å². The third-order valence-electron chi connectivity index (χ3n) is 8.82. The van der Waals surface area contributed by atoms with Crippen molar-refractivity contribution < 1.29 is 0 Å². The summed E-state index contributed by atoms with van der Waals surface area (Å²) in [6.45, 7) is 26.7. The maximum absolute atomic E-state index is 2.28. The monoisotopic (exact) mass is 621 g/mol. The smallest absolute Gasteiger partial charge is 0.0132 e. The summed E-state index contributed by atoms with van der Waals surface area (Å²) in [5.74, 6) is 1.36. The fourth-order valence-corrected chi connectivity index (χ4v) is 4.93. The Morgan fingerprint density at radius 1 is 0.435 bits per heavy atom. The average molecular weight is 621 g/mol. The van der Waals surface area contributed by atoms with E-state index < -0.39 is 0 Å². The number of benzene rings is 4. The maximum atomic E-state index is 2.28. The number of aryl methyl sites for hydroxylation is 5. The van der Waals surface area contributed by atoms with E-state index in [9.17, 15) is 0 Å². The minimum Gasteiger partial charge on any atom is -0.0651 e. The van der Waals surface area contributed by atoms with E-state index in [0.717, 1.165) is 25.7 Å². The molecule has 0 aliphatic heterocycles. The fraction of sp³-hybridized carbons (Fsp3) is 0.478. The third-order valence-corrected chi connectivity index (χ3v) is 8.82. The largest absolute Gasteiger partial charge is 0.0651 e. The van der Waals surface area contributed by atoms with E-state index in [2.05, 4.69) is 180 Å². The minimum atomic E-state index is 0.284. The zero-order chi connectivity index (χ0) is 34.5. The molecule has 0 spiro atoms. The molecule has 0 heterocycles. The van der Waals surface area contributed by atoms with Crippen molar-refractivity contribution in [2.24, 2.45) is 0 Å². The van der Waals surface area contributed by atoms with Crippen LogP contribution in [0.15, 0.2) is 97.1 Å². The summed E-state index contributed by atoms with van der Waals surface area (Å²) in [6.07, 6.45) is 8.23. The molecule has 252 valence electrons. The van der Waals surface area contributed by atoms with E-state index in [1.54, 1.807) is 0 Å². The molecule has 4 rings (SSSR count). The second kappa shape index (κ2) is 22.4. The highest BCUT2D eigenvalue weighted by Gasteiger charge is 2.12. The van der Waals surface area contributed by atoms with Crippen LogP contribution < -0.4 is 0 Å². The molecule has 4 aromatic carbocycles. The first-order valence-corrected chi connectivity index (χ1v) is 18.3. The van der Waals surface area contributed by atoms with E-state index in [1.165, 1.54) is 63.8 Å². The van der Waals surface area contributed by atoms with Crippen LogP contribution in [-0.2, 0) is 37.5 Å². The second-order valence-electron chi connectivity index (χ2n) is 13.9. The van der Waals surface area contributed by atoms with Gasteiger partial charge >= 0.3 is 0 Å². The Bertz CT molecular complexity index is 1280. The van der Waals surface area contributed by atoms with Crippen LogP contribution in [0.2, 0.25) is 0 Å². The topological polar surface area (TPSA) is 0 Å². The molecule has 46 heavy (non-hydrogen) atoms. The molecule has 0 bridgehead atoms. The molecule has 0 nitrogen and oxygen atoms in total. The highest BCUT2D eigenvalue weighted by atomic mass is 14.2. The van der Waals surface area contributed by atoms with Crippen LogP contribution in [0.5, 0.6) is 0 Å². The van der Waals surface area contributed by atoms with Crippen LogP contribution in [-0.4, -0.2) is 0 Å². The molecule has 1 atom stereocenters. The van der Waals surface area contributed by atoms with Gasteiger partial charge in [0.05, 0.1) is 0 Å². The van der Waals surface area contributed by atoms with Gasteiger partial charge in [0.2, 0.25) is 0 Å². The lowest BCUT2D eigenvalue weighted by molar-refractivity contribution is 0.590. The summed E-state index contributed by atoms with van der Waals surface area (Å²) in [4.78, 5) is 0. The minimum absolute atomic E-state index is 0.284. The first-order chi connectivity index (χ1) is 21.9. The van der Waals surface area contributed by atoms with Gasteiger partial charge in [-0.25, -0.2) is 0 Å². The molecule has 0 radical (unpaired) electrons. The zero-order valence-corrected chi connectivity index (χ0v) is 31.8. The van der Waals surface area contributed by atoms with Crippen molar-refractivity contribution in [1.29, 1.82) is 0 Å². The predicted octanol–water partition coefficient (Wildman–Crippen LogP) is 13.9. The summed E-state index contributed by atoms with van der Waals surface area (Å²) in [5, 5.41) is 0. The van der Waals surface area contributed by atoms with Crippen LogP contribution >= 0.6 is 0 Å². The van der Waals surface area contributed by atoms with Crippen LogP contribution in [0.4, 0.5) is 0 Å². The Kier molecular flexibility index (Phi) is 19.9. The third kappa shape index (κ3) is 15.9. The van der Waals surface area contributed by atoms with Crippen molar-refractivity contribution in [3.05, 3.63) is 142 Å². The van der Waals surface area contributed by atoms with E-state index in [4.69, 9.17) is 0 Å². The van der Waals surface area contributed by atoms with Crippen LogP contribution in [0.25, 0.3) is 0 Å². The van der Waals surface area contributed by atoms with Crippen molar-refractivity contribution in [2.45, 2.75) is 145 Å². The van der Waals surface area contributed by atoms with Gasteiger partial charge in [-0.2, -0.15) is 0 Å². The van der Waals surface area contributed by atoms with Gasteiger partial charge in [0.1, 0.15) is 0 Å². The molecule has 1 unspecified atom stereocenters. The number of hydrogen-bond acceptors (Lipinski definition) is 0. The van der Waals surface area contributed by atoms with Gasteiger partial charge in [-0.05, 0) is 100 Å². The molecule has 0 fully saturated rings. The molecule has 0 aliphatic carbocycles. The Morgan fingerprint density at radius 3 is 1.07 bits per heavy atom. The Balaban J connectivity index is 0.000000307. The molecule has 0 amide bonds. The molecule has 0 saturated heterocycles. The molecular weight excluding hydrogens is 553 g/mol. The van der Waals surface area contributed by atoms with Gasteiger partial charge in [0.15, 0.2) is 0 Å². The Hall–Kier alpha value is -3.12. The van der Waals surface area contributed by atoms with Crippen molar-refractivity contribution in [1.82, 2.24) is 0 Å². The van der Waals surface area contributed by atoms with Crippen molar-refractivity contribution >= 4 is 0 Å². The molecule has 0 saturated carbocycles. The summed E-state index contributed by atoms with van der Waals surface area (Å²) in [7, 11) is 0. The van der Waals surface area contributed by atoms with Crippen LogP contribution in [0.3, 0.4) is 0 Å². The Morgan fingerprint density at radius 2 is 0.761 bits per heavy atom.